The minimum absolute atomic E-state index is 0.00670. The third kappa shape index (κ3) is 6.39. The summed E-state index contributed by atoms with van der Waals surface area (Å²) in [7, 11) is 0. The van der Waals surface area contributed by atoms with E-state index in [1.54, 1.807) is 6.20 Å². The Bertz CT molecular complexity index is 1300. The summed E-state index contributed by atoms with van der Waals surface area (Å²) in [6, 6.07) is 10.6. The van der Waals surface area contributed by atoms with Crippen molar-refractivity contribution in [1.82, 2.24) is 15.0 Å². The third-order valence-corrected chi connectivity index (χ3v) is 6.55. The maximum absolute atomic E-state index is 13.6. The quantitative estimate of drug-likeness (QED) is 0.284. The highest BCUT2D eigenvalue weighted by atomic mass is 79.9. The minimum atomic E-state index is -2.81. The molecule has 1 aliphatic heterocycles. The highest BCUT2D eigenvalue weighted by Crippen LogP contribution is 2.35. The van der Waals surface area contributed by atoms with Gasteiger partial charge in [-0.05, 0) is 37.3 Å². The van der Waals surface area contributed by atoms with Crippen LogP contribution in [-0.2, 0) is 4.74 Å². The zero-order chi connectivity index (χ0) is 26.7. The minimum Gasteiger partial charge on any atom is -0.394 e. The highest BCUT2D eigenvalue weighted by Gasteiger charge is 2.41. The number of alkyl halides is 2. The topological polar surface area (TPSA) is 131 Å². The molecule has 37 heavy (non-hydrogen) atoms. The lowest BCUT2D eigenvalue weighted by Crippen LogP contribution is -2.50. The summed E-state index contributed by atoms with van der Waals surface area (Å²) in [4.78, 5) is 8.56. The van der Waals surface area contributed by atoms with Crippen LogP contribution in [0.5, 0.6) is 0 Å². The average molecular weight is 598 g/mol. The number of hydrogen-bond donors (Lipinski definition) is 3. The SMILES string of the molecule is CC(N)=NC(=Nc1cc(Cl)ccc1C(F)F)C1CC(n2cc(-c3ccc(Br)cc3)nn2)C(O)C(CO)O1. The van der Waals surface area contributed by atoms with Crippen LogP contribution in [0.15, 0.2) is 63.1 Å². The largest absolute Gasteiger partial charge is 0.394 e. The molecule has 0 bridgehead atoms. The van der Waals surface area contributed by atoms with Gasteiger partial charge in [-0.2, -0.15) is 0 Å². The number of ether oxygens (including phenoxy) is 1. The van der Waals surface area contributed by atoms with Crippen LogP contribution in [0, 0.1) is 0 Å². The zero-order valence-electron chi connectivity index (χ0n) is 19.5. The number of hydrogen-bond acceptors (Lipinski definition) is 6. The lowest BCUT2D eigenvalue weighted by atomic mass is 9.95. The molecule has 1 aliphatic rings. The molecule has 13 heteroatoms. The molecule has 2 heterocycles. The molecular formula is C24H24BrClF2N6O3. The first-order valence-electron chi connectivity index (χ1n) is 11.3. The molecule has 4 unspecified atom stereocenters. The van der Waals surface area contributed by atoms with Gasteiger partial charge in [0.2, 0.25) is 0 Å². The van der Waals surface area contributed by atoms with Gasteiger partial charge < -0.3 is 20.7 Å². The number of amidine groups is 2. The van der Waals surface area contributed by atoms with E-state index < -0.39 is 37.4 Å². The molecule has 0 saturated carbocycles. The van der Waals surface area contributed by atoms with E-state index in [0.29, 0.717) is 5.69 Å². The van der Waals surface area contributed by atoms with Crippen LogP contribution in [0.25, 0.3) is 11.3 Å². The molecule has 4 N–H and O–H groups in total. The van der Waals surface area contributed by atoms with E-state index in [-0.39, 0.29) is 34.4 Å². The zero-order valence-corrected chi connectivity index (χ0v) is 21.9. The molecule has 4 rings (SSSR count). The number of aliphatic hydroxyl groups excluding tert-OH is 2. The van der Waals surface area contributed by atoms with Crippen molar-refractivity contribution < 1.29 is 23.7 Å². The van der Waals surface area contributed by atoms with Crippen LogP contribution >= 0.6 is 27.5 Å². The van der Waals surface area contributed by atoms with E-state index in [1.807, 2.05) is 24.3 Å². The van der Waals surface area contributed by atoms with Crippen LogP contribution in [0.2, 0.25) is 5.02 Å². The number of aromatic nitrogens is 3. The molecule has 0 radical (unpaired) electrons. The molecule has 1 saturated heterocycles. The second-order valence-electron chi connectivity index (χ2n) is 8.46. The molecule has 0 spiro atoms. The summed E-state index contributed by atoms with van der Waals surface area (Å²) < 4.78 is 35.6. The summed E-state index contributed by atoms with van der Waals surface area (Å²) >= 11 is 9.43. The first-order valence-corrected chi connectivity index (χ1v) is 12.4. The summed E-state index contributed by atoms with van der Waals surface area (Å²) in [5, 5.41) is 29.4. The van der Waals surface area contributed by atoms with Crippen LogP contribution in [0.3, 0.4) is 0 Å². The fraction of sp³-hybridized carbons (Fsp3) is 0.333. The van der Waals surface area contributed by atoms with Gasteiger partial charge >= 0.3 is 0 Å². The standard InChI is InChI=1S/C24H24BrClF2N6O3/c1-12(29)30-24(31-17-8-15(26)6-7-16(17)23(27)28)20-9-19(22(36)21(11-35)37-20)34-10-18(32-33-34)13-2-4-14(25)5-3-13/h2-8,10,19-23,35-36H,9,11H2,1H3,(H2,29,30,31). The van der Waals surface area contributed by atoms with Crippen molar-refractivity contribution in [3.05, 3.63) is 63.7 Å². The van der Waals surface area contributed by atoms with Crippen molar-refractivity contribution in [3.63, 3.8) is 0 Å². The van der Waals surface area contributed by atoms with Gasteiger partial charge in [-0.15, -0.1) is 5.10 Å². The van der Waals surface area contributed by atoms with Gasteiger partial charge in [0.25, 0.3) is 6.43 Å². The molecule has 4 atom stereocenters. The number of halogens is 4. The number of aliphatic hydroxyl groups is 2. The highest BCUT2D eigenvalue weighted by molar-refractivity contribution is 9.10. The average Bonchev–Trinajstić information content (AvgIpc) is 3.34. The van der Waals surface area contributed by atoms with E-state index in [2.05, 4.69) is 36.2 Å². The predicted octanol–water partition coefficient (Wildman–Crippen LogP) is 4.46. The fourth-order valence-corrected chi connectivity index (χ4v) is 4.43. The molecular weight excluding hydrogens is 574 g/mol. The normalized spacial score (nSPS) is 23.0. The second kappa shape index (κ2) is 11.7. The maximum Gasteiger partial charge on any atom is 0.265 e. The number of benzene rings is 2. The predicted molar refractivity (Wildman–Crippen MR) is 139 cm³/mol. The van der Waals surface area contributed by atoms with E-state index in [1.165, 1.54) is 29.8 Å². The Morgan fingerprint density at radius 1 is 1.30 bits per heavy atom. The van der Waals surface area contributed by atoms with Crippen LogP contribution in [-0.4, -0.2) is 61.8 Å². The summed E-state index contributed by atoms with van der Waals surface area (Å²) in [6.07, 6.45) is -4.13. The van der Waals surface area contributed by atoms with Gasteiger partial charge in [0.1, 0.15) is 24.0 Å². The Morgan fingerprint density at radius 3 is 2.68 bits per heavy atom. The monoisotopic (exact) mass is 596 g/mol. The molecule has 0 amide bonds. The smallest absolute Gasteiger partial charge is 0.265 e. The molecule has 0 aliphatic carbocycles. The van der Waals surface area contributed by atoms with Crippen molar-refractivity contribution >= 4 is 44.9 Å². The molecule has 9 nitrogen and oxygen atoms in total. The van der Waals surface area contributed by atoms with Gasteiger partial charge in [-0.3, -0.25) is 0 Å². The molecule has 3 aromatic rings. The van der Waals surface area contributed by atoms with Gasteiger partial charge in [0.05, 0.1) is 30.4 Å². The van der Waals surface area contributed by atoms with Crippen LogP contribution in [0.1, 0.15) is 31.4 Å². The van der Waals surface area contributed by atoms with E-state index in [4.69, 9.17) is 22.1 Å². The van der Waals surface area contributed by atoms with Crippen LogP contribution < -0.4 is 5.73 Å². The van der Waals surface area contributed by atoms with Crippen LogP contribution in [0.4, 0.5) is 14.5 Å². The van der Waals surface area contributed by atoms with Crippen molar-refractivity contribution in [3.8, 4) is 11.3 Å². The number of nitrogens with two attached hydrogens (primary N) is 1. The molecule has 1 aromatic heterocycles. The number of rotatable bonds is 6. The Morgan fingerprint density at radius 2 is 2.03 bits per heavy atom. The van der Waals surface area contributed by atoms with E-state index >= 15 is 0 Å². The van der Waals surface area contributed by atoms with Crippen molar-refractivity contribution in [2.75, 3.05) is 6.61 Å². The molecule has 2 aromatic carbocycles. The Kier molecular flexibility index (Phi) is 8.65. The Hall–Kier alpha value is -2.77. The summed E-state index contributed by atoms with van der Waals surface area (Å²) in [5.74, 6) is 0.109. The summed E-state index contributed by atoms with van der Waals surface area (Å²) in [6.45, 7) is 1.00. The maximum atomic E-state index is 13.6. The van der Waals surface area contributed by atoms with E-state index in [9.17, 15) is 19.0 Å². The lowest BCUT2D eigenvalue weighted by Gasteiger charge is -2.38. The van der Waals surface area contributed by atoms with E-state index in [0.717, 1.165) is 10.0 Å². The van der Waals surface area contributed by atoms with Crippen molar-refractivity contribution in [2.45, 2.75) is 44.1 Å². The summed E-state index contributed by atoms with van der Waals surface area (Å²) in [5.41, 5.74) is 6.77. The van der Waals surface area contributed by atoms with Gasteiger partial charge in [0, 0.05) is 27.0 Å². The van der Waals surface area contributed by atoms with Crippen molar-refractivity contribution in [1.29, 1.82) is 0 Å². The fourth-order valence-electron chi connectivity index (χ4n) is 4.00. The lowest BCUT2D eigenvalue weighted by molar-refractivity contribution is -0.137. The first-order chi connectivity index (χ1) is 17.7. The Labute approximate surface area is 224 Å². The molecule has 196 valence electrons. The van der Waals surface area contributed by atoms with Gasteiger partial charge in [-0.25, -0.2) is 23.4 Å². The Balaban J connectivity index is 1.71. The van der Waals surface area contributed by atoms with Gasteiger partial charge in [0.15, 0.2) is 5.84 Å². The first kappa shape index (κ1) is 27.3. The number of aliphatic imine (C=N–C) groups is 2. The van der Waals surface area contributed by atoms with Gasteiger partial charge in [-0.1, -0.05) is 44.9 Å². The molecule has 1 fully saturated rings. The second-order valence-corrected chi connectivity index (χ2v) is 9.81. The number of nitrogens with zero attached hydrogens (tertiary/aromatic N) is 5. The van der Waals surface area contributed by atoms with Crippen molar-refractivity contribution in [2.24, 2.45) is 15.7 Å². The third-order valence-electron chi connectivity index (χ3n) is 5.78.